The van der Waals surface area contributed by atoms with Crippen LogP contribution in [0.15, 0.2) is 60.3 Å². The zero-order chi connectivity index (χ0) is 53.2. The highest BCUT2D eigenvalue weighted by atomic mass is 32.5. The van der Waals surface area contributed by atoms with Crippen LogP contribution in [0.4, 0.5) is 14.6 Å². The van der Waals surface area contributed by atoms with Crippen LogP contribution in [0.3, 0.4) is 0 Å². The molecule has 1 amide bonds. The van der Waals surface area contributed by atoms with Gasteiger partial charge in [-0.15, -0.1) is 9.42 Å². The number of benzene rings is 1. The second-order valence-corrected chi connectivity index (χ2v) is 30.8. The molecule has 73 heavy (non-hydrogen) atoms. The predicted octanol–water partition coefficient (Wildman–Crippen LogP) is 6.59. The Hall–Kier alpha value is -4.25. The molecule has 396 valence electrons. The third-order valence-electron chi connectivity index (χ3n) is 12.7. The van der Waals surface area contributed by atoms with Gasteiger partial charge in [0.2, 0.25) is 0 Å². The summed E-state index contributed by atoms with van der Waals surface area (Å²) < 4.78 is 98.2. The number of nitriles is 1. The number of amides is 1. The maximum atomic E-state index is 16.8. The van der Waals surface area contributed by atoms with Gasteiger partial charge in [-0.25, -0.2) is 28.7 Å². The molecule has 3 unspecified atom stereocenters. The molecule has 5 N–H and O–H groups in total. The van der Waals surface area contributed by atoms with Crippen molar-refractivity contribution in [2.45, 2.75) is 133 Å². The van der Waals surface area contributed by atoms with Gasteiger partial charge in [0.05, 0.1) is 45.0 Å². The van der Waals surface area contributed by atoms with Crippen LogP contribution in [0.1, 0.15) is 84.6 Å². The molecule has 7 rings (SSSR count). The number of H-pyrrole nitrogens is 1. The first kappa shape index (κ1) is 56.5. The first-order valence-corrected chi connectivity index (χ1v) is 31.0. The van der Waals surface area contributed by atoms with Gasteiger partial charge in [0.1, 0.15) is 36.1 Å². The number of nitrogens with zero attached hydrogens (tertiary/aromatic N) is 7. The Morgan fingerprint density at radius 2 is 1.66 bits per heavy atom. The number of carbonyl (C=O) groups is 1. The Labute approximate surface area is 426 Å². The molecular formula is C43H58F2N9O14P2SSi2+. The number of aliphatic hydroxyl groups is 1. The Morgan fingerprint density at radius 3 is 2.29 bits per heavy atom. The van der Waals surface area contributed by atoms with Crippen LogP contribution >= 0.6 is 15.0 Å². The second kappa shape index (κ2) is 23.3. The van der Waals surface area contributed by atoms with E-state index in [1.165, 1.54) is 15.5 Å². The molecule has 0 saturated carbocycles. The molecule has 5 aromatic rings. The van der Waals surface area contributed by atoms with Crippen LogP contribution in [0, 0.1) is 17.1 Å². The average Bonchev–Trinajstić information content (AvgIpc) is 4.10. The summed E-state index contributed by atoms with van der Waals surface area (Å²) in [5.74, 6) is -1.50. The summed E-state index contributed by atoms with van der Waals surface area (Å²) in [6.07, 6.45) is -8.87. The molecule has 2 aliphatic heterocycles. The van der Waals surface area contributed by atoms with Gasteiger partial charge in [-0.3, -0.25) is 18.7 Å². The van der Waals surface area contributed by atoms with E-state index in [1.54, 1.807) is 30.3 Å². The van der Waals surface area contributed by atoms with Crippen LogP contribution in [-0.2, 0) is 52.5 Å². The molecule has 0 bridgehead atoms. The molecule has 0 aliphatic carbocycles. The third-order valence-corrected chi connectivity index (χ3v) is 25.2. The minimum absolute atomic E-state index is 0.00417. The van der Waals surface area contributed by atoms with Gasteiger partial charge < -0.3 is 51.8 Å². The molecule has 4 aromatic heterocycles. The number of hydrogen-bond donors (Lipinski definition) is 5. The van der Waals surface area contributed by atoms with E-state index in [-0.39, 0.29) is 57.8 Å². The fraction of sp³-hybridized carbons (Fsp3) is 0.558. The maximum Gasteiger partial charge on any atom is 0.695 e. The Kier molecular flexibility index (Phi) is 18.1. The monoisotopic (exact) mass is 1110 g/mol. The summed E-state index contributed by atoms with van der Waals surface area (Å²) in [5, 5.41) is 22.8. The lowest BCUT2D eigenvalue weighted by molar-refractivity contribution is -0.0560. The minimum atomic E-state index is -4.37. The Balaban J connectivity index is 1.26. The SMILES string of the molecule is CC(C)[Si](O)(O[Si](O[C@H]1[C@@H](OP(=S)(OCCC#N)OC[C@H]2OC(n3cnc4c(NC(=O)c5ccccc5)ncnc43)[C@H](F)[C@@H]2O[P+](=O)O)[C@H](n2cc(F)c3c(=O)[nH]cnc32)O[C@@H]1CO)(C(C)C)C(C)C)C(C)C. The van der Waals surface area contributed by atoms with E-state index in [0.29, 0.717) is 5.56 Å². The number of ether oxygens (including phenoxy) is 2. The molecule has 2 saturated heterocycles. The number of fused-ring (bicyclic) bond motifs is 2. The molecule has 10 atom stereocenters. The molecule has 6 heterocycles. The van der Waals surface area contributed by atoms with E-state index in [2.05, 4.69) is 30.2 Å². The quantitative estimate of drug-likeness (QED) is 0.0262. The smallest absolute Gasteiger partial charge is 0.414 e. The lowest BCUT2D eigenvalue weighted by Crippen LogP contribution is -2.62. The number of aliphatic hydroxyl groups excluding tert-OH is 1. The topological polar surface area (TPSA) is 299 Å². The number of aromatic nitrogens is 7. The van der Waals surface area contributed by atoms with Crippen molar-refractivity contribution in [2.24, 2.45) is 0 Å². The number of rotatable bonds is 23. The second-order valence-electron chi connectivity index (χ2n) is 18.6. The lowest BCUT2D eigenvalue weighted by Gasteiger charge is -2.47. The number of hydrogen-bond acceptors (Lipinski definition) is 19. The van der Waals surface area contributed by atoms with E-state index in [0.717, 1.165) is 18.9 Å². The fourth-order valence-electron chi connectivity index (χ4n) is 8.94. The zero-order valence-electron chi connectivity index (χ0n) is 41.0. The highest BCUT2D eigenvalue weighted by molar-refractivity contribution is 8.07. The van der Waals surface area contributed by atoms with Crippen molar-refractivity contribution >= 4 is 77.8 Å². The van der Waals surface area contributed by atoms with E-state index in [4.69, 9.17) is 47.9 Å². The summed E-state index contributed by atoms with van der Waals surface area (Å²) >= 11 is 6.04. The van der Waals surface area contributed by atoms with Crippen molar-refractivity contribution in [3.8, 4) is 6.07 Å². The standard InChI is InChI=1S/C43H57F2N9O14P2SSi2/c1-23(2)72(60,24(3)4)68-73(25(5)6,26(7)8)67-35-29(18-55)63-43(53-17-28(44)31-38(53)48-21-50-41(31)57)36(35)66-70(71,61-16-12-15-46)62-19-30-34(65-69(58)59)32(45)42(64-30)54-22-51-33-37(47-20-49-39(33)54)52-40(56)27-13-10-9-11-14-27/h9-11,13-14,17,20-26,29-30,32,34-36,42-43,55,60H,12,16,18-19H2,1-8H3,(H2-,47,48,49,50,52,56,57,58,59)/p+1/t29-,30-,32-,34-,35-,36-,42?,43-,70?/m1/s1. The van der Waals surface area contributed by atoms with Crippen molar-refractivity contribution in [3.05, 3.63) is 77.2 Å². The van der Waals surface area contributed by atoms with Crippen molar-refractivity contribution in [3.63, 3.8) is 0 Å². The number of nitrogens with one attached hydrogen (secondary N) is 2. The highest BCUT2D eigenvalue weighted by Gasteiger charge is 2.60. The largest absolute Gasteiger partial charge is 0.695 e. The van der Waals surface area contributed by atoms with Crippen LogP contribution in [0.25, 0.3) is 22.2 Å². The summed E-state index contributed by atoms with van der Waals surface area (Å²) in [7, 11) is -10.8. The summed E-state index contributed by atoms with van der Waals surface area (Å²) in [4.78, 5) is 67.5. The van der Waals surface area contributed by atoms with Gasteiger partial charge in [0.15, 0.2) is 53.2 Å². The summed E-state index contributed by atoms with van der Waals surface area (Å²) in [5.41, 5.74) is -1.95. The van der Waals surface area contributed by atoms with Gasteiger partial charge in [0.25, 0.3) is 11.5 Å². The Bertz CT molecular complexity index is 2900. The van der Waals surface area contributed by atoms with Gasteiger partial charge in [-0.2, -0.15) is 5.26 Å². The van der Waals surface area contributed by atoms with Crippen molar-refractivity contribution < 1.29 is 69.0 Å². The maximum absolute atomic E-state index is 16.8. The number of halogens is 2. The Morgan fingerprint density at radius 1 is 0.973 bits per heavy atom. The van der Waals surface area contributed by atoms with E-state index in [1.807, 2.05) is 61.5 Å². The number of carbonyl (C=O) groups excluding carboxylic acids is 1. The fourth-order valence-corrected chi connectivity index (χ4v) is 21.4. The van der Waals surface area contributed by atoms with Gasteiger partial charge in [-0.1, -0.05) is 73.6 Å². The third kappa shape index (κ3) is 11.6. The highest BCUT2D eigenvalue weighted by Crippen LogP contribution is 2.57. The van der Waals surface area contributed by atoms with Crippen LogP contribution in [-0.4, -0.2) is 128 Å². The van der Waals surface area contributed by atoms with Gasteiger partial charge in [-0.05, 0) is 46.1 Å². The number of imidazole rings is 1. The van der Waals surface area contributed by atoms with E-state index in [9.17, 15) is 34.2 Å². The molecule has 2 fully saturated rings. The van der Waals surface area contributed by atoms with Crippen molar-refractivity contribution in [1.29, 1.82) is 5.26 Å². The van der Waals surface area contributed by atoms with E-state index >= 15 is 8.78 Å². The number of aromatic amines is 1. The van der Waals surface area contributed by atoms with Gasteiger partial charge >= 0.3 is 32.1 Å². The van der Waals surface area contributed by atoms with Crippen LogP contribution in [0.2, 0.25) is 22.2 Å². The summed E-state index contributed by atoms with van der Waals surface area (Å²) in [6, 6.07) is 10.2. The predicted molar refractivity (Wildman–Crippen MR) is 266 cm³/mol. The zero-order valence-corrected chi connectivity index (χ0v) is 45.6. The lowest BCUT2D eigenvalue weighted by atomic mass is 10.1. The van der Waals surface area contributed by atoms with Crippen LogP contribution in [0.5, 0.6) is 0 Å². The minimum Gasteiger partial charge on any atom is -0.414 e. The molecular weight excluding hydrogens is 1050 g/mol. The van der Waals surface area contributed by atoms with Gasteiger partial charge in [0, 0.05) is 16.3 Å². The summed E-state index contributed by atoms with van der Waals surface area (Å²) in [6.45, 7) is 8.78. The molecule has 0 spiro atoms. The number of alkyl halides is 1. The van der Waals surface area contributed by atoms with Crippen LogP contribution < -0.4 is 10.9 Å². The molecule has 2 aliphatic rings. The molecule has 23 nitrogen and oxygen atoms in total. The van der Waals surface area contributed by atoms with E-state index < -0.39 is 117 Å². The van der Waals surface area contributed by atoms with Crippen molar-refractivity contribution in [1.82, 2.24) is 34.1 Å². The van der Waals surface area contributed by atoms with Crippen molar-refractivity contribution in [2.75, 3.05) is 25.1 Å². The average molecular weight is 1110 g/mol. The molecule has 30 heteroatoms. The normalized spacial score (nSPS) is 23.8. The number of anilines is 1. The molecule has 0 radical (unpaired) electrons. The first-order chi connectivity index (χ1) is 34.6. The first-order valence-electron chi connectivity index (χ1n) is 23.3. The molecule has 1 aromatic carbocycles.